The van der Waals surface area contributed by atoms with E-state index in [0.29, 0.717) is 11.6 Å². The fourth-order valence-electron chi connectivity index (χ4n) is 2.88. The Hall–Kier alpha value is -2.00. The van der Waals surface area contributed by atoms with E-state index in [1.807, 2.05) is 43.3 Å². The Morgan fingerprint density at radius 3 is 2.77 bits per heavy atom. The number of amides is 1. The third-order valence-electron chi connectivity index (χ3n) is 4.18. The molecule has 0 aromatic heterocycles. The molecule has 1 N–H and O–H groups in total. The molecule has 3 rings (SSSR count). The van der Waals surface area contributed by atoms with Gasteiger partial charge < -0.3 is 10.2 Å². The lowest BCUT2D eigenvalue weighted by atomic mass is 10.1. The summed E-state index contributed by atoms with van der Waals surface area (Å²) in [6.07, 6.45) is 0.998. The number of anilines is 1. The molecule has 114 valence electrons. The molecular weight excluding hydrogens is 296 g/mol. The third-order valence-corrected chi connectivity index (χ3v) is 4.55. The summed E-state index contributed by atoms with van der Waals surface area (Å²) in [7, 11) is 0. The van der Waals surface area contributed by atoms with E-state index in [1.165, 1.54) is 11.3 Å². The monoisotopic (exact) mass is 314 g/mol. The number of benzene rings is 2. The second kappa shape index (κ2) is 6.41. The number of nitrogens with zero attached hydrogens (tertiary/aromatic N) is 1. The Morgan fingerprint density at radius 2 is 1.95 bits per heavy atom. The van der Waals surface area contributed by atoms with Crippen molar-refractivity contribution in [3.05, 3.63) is 64.7 Å². The van der Waals surface area contributed by atoms with Crippen LogP contribution >= 0.6 is 11.6 Å². The maximum Gasteiger partial charge on any atom is 0.242 e. The first-order valence-corrected chi connectivity index (χ1v) is 7.90. The first-order chi connectivity index (χ1) is 10.7. The van der Waals surface area contributed by atoms with E-state index in [2.05, 4.69) is 22.3 Å². The van der Waals surface area contributed by atoms with Gasteiger partial charge in [-0.15, -0.1) is 0 Å². The van der Waals surface area contributed by atoms with Crippen molar-refractivity contribution in [2.45, 2.75) is 25.9 Å². The van der Waals surface area contributed by atoms with Crippen LogP contribution in [0, 0.1) is 0 Å². The first kappa shape index (κ1) is 14.9. The molecule has 0 unspecified atom stereocenters. The maximum absolute atomic E-state index is 12.4. The predicted octanol–water partition coefficient (Wildman–Crippen LogP) is 3.41. The van der Waals surface area contributed by atoms with Crippen molar-refractivity contribution >= 4 is 23.2 Å². The molecule has 0 radical (unpaired) electrons. The normalized spacial score (nSPS) is 14.5. The van der Waals surface area contributed by atoms with Crippen molar-refractivity contribution in [2.24, 2.45) is 0 Å². The number of carbonyl (C=O) groups is 1. The summed E-state index contributed by atoms with van der Waals surface area (Å²) in [4.78, 5) is 14.6. The minimum absolute atomic E-state index is 0.0247. The van der Waals surface area contributed by atoms with Gasteiger partial charge in [0.2, 0.25) is 5.91 Å². The quantitative estimate of drug-likeness (QED) is 0.938. The van der Waals surface area contributed by atoms with Crippen LogP contribution in [0.2, 0.25) is 5.02 Å². The lowest BCUT2D eigenvalue weighted by Gasteiger charge is -2.26. The highest BCUT2D eigenvalue weighted by Crippen LogP contribution is 2.29. The predicted molar refractivity (Wildman–Crippen MR) is 90.3 cm³/mol. The number of para-hydroxylation sites is 1. The van der Waals surface area contributed by atoms with Crippen LogP contribution in [0.3, 0.4) is 0 Å². The summed E-state index contributed by atoms with van der Waals surface area (Å²) in [5, 5.41) is 3.66. The zero-order valence-electron chi connectivity index (χ0n) is 12.6. The molecule has 0 saturated carbocycles. The van der Waals surface area contributed by atoms with Gasteiger partial charge in [0.25, 0.3) is 0 Å². The number of hydrogen-bond donors (Lipinski definition) is 1. The van der Waals surface area contributed by atoms with Crippen LogP contribution in [-0.4, -0.2) is 18.5 Å². The number of halogens is 1. The average Bonchev–Trinajstić information content (AvgIpc) is 2.97. The smallest absolute Gasteiger partial charge is 0.242 e. The largest absolute Gasteiger partial charge is 0.359 e. The van der Waals surface area contributed by atoms with Gasteiger partial charge in [-0.2, -0.15) is 0 Å². The van der Waals surface area contributed by atoms with E-state index in [9.17, 15) is 4.79 Å². The Bertz CT molecular complexity index is 686. The van der Waals surface area contributed by atoms with Gasteiger partial charge in [-0.1, -0.05) is 48.0 Å². The third kappa shape index (κ3) is 2.95. The van der Waals surface area contributed by atoms with E-state index < -0.39 is 0 Å². The number of carbonyl (C=O) groups excluding carboxylic acids is 1. The molecule has 0 aliphatic carbocycles. The van der Waals surface area contributed by atoms with E-state index in [4.69, 9.17) is 11.6 Å². The van der Waals surface area contributed by atoms with Crippen LogP contribution in [0.15, 0.2) is 48.5 Å². The lowest BCUT2D eigenvalue weighted by Crippen LogP contribution is -2.44. The number of fused-ring (bicyclic) bond motifs is 1. The second-order valence-corrected chi connectivity index (χ2v) is 5.96. The number of hydrogen-bond acceptors (Lipinski definition) is 2. The van der Waals surface area contributed by atoms with Gasteiger partial charge in [-0.05, 0) is 36.6 Å². The van der Waals surface area contributed by atoms with E-state index in [0.717, 1.165) is 18.5 Å². The van der Waals surface area contributed by atoms with Crippen LogP contribution < -0.4 is 10.2 Å². The molecule has 0 fully saturated rings. The maximum atomic E-state index is 12.4. The molecule has 2 aromatic rings. The fraction of sp³-hybridized carbons (Fsp3) is 0.278. The molecule has 3 nitrogen and oxygen atoms in total. The molecule has 1 aliphatic heterocycles. The molecule has 22 heavy (non-hydrogen) atoms. The molecular formula is C18H19ClN2O. The highest BCUT2D eigenvalue weighted by molar-refractivity contribution is 6.31. The standard InChI is InChI=1S/C18H19ClN2O/c1-13(21-11-10-14-6-3-5-9-17(14)21)18(22)20-12-15-7-2-4-8-16(15)19/h2-9,13H,10-12H2,1H3,(H,20,22)/t13-/m0/s1. The highest BCUT2D eigenvalue weighted by Gasteiger charge is 2.27. The Balaban J connectivity index is 1.65. The molecule has 4 heteroatoms. The fourth-order valence-corrected chi connectivity index (χ4v) is 3.08. The summed E-state index contributed by atoms with van der Waals surface area (Å²) in [6.45, 7) is 3.29. The SMILES string of the molecule is C[C@@H](C(=O)NCc1ccccc1Cl)N1CCc2ccccc21. The molecule has 2 aromatic carbocycles. The van der Waals surface area contributed by atoms with E-state index >= 15 is 0 Å². The topological polar surface area (TPSA) is 32.3 Å². The Morgan fingerprint density at radius 1 is 1.23 bits per heavy atom. The van der Waals surface area contributed by atoms with Gasteiger partial charge in [-0.3, -0.25) is 4.79 Å². The van der Waals surface area contributed by atoms with Gasteiger partial charge >= 0.3 is 0 Å². The molecule has 1 atom stereocenters. The van der Waals surface area contributed by atoms with Crippen molar-refractivity contribution in [2.75, 3.05) is 11.4 Å². The van der Waals surface area contributed by atoms with Crippen molar-refractivity contribution in [3.63, 3.8) is 0 Å². The van der Waals surface area contributed by atoms with Crippen molar-refractivity contribution in [3.8, 4) is 0 Å². The summed E-state index contributed by atoms with van der Waals surface area (Å²) in [6, 6.07) is 15.7. The number of rotatable bonds is 4. The van der Waals surface area contributed by atoms with Crippen LogP contribution in [0.4, 0.5) is 5.69 Å². The summed E-state index contributed by atoms with van der Waals surface area (Å²) < 4.78 is 0. The van der Waals surface area contributed by atoms with Gasteiger partial charge in [0.05, 0.1) is 0 Å². The second-order valence-electron chi connectivity index (χ2n) is 5.56. The molecule has 1 amide bonds. The zero-order chi connectivity index (χ0) is 15.5. The highest BCUT2D eigenvalue weighted by atomic mass is 35.5. The first-order valence-electron chi connectivity index (χ1n) is 7.52. The average molecular weight is 315 g/mol. The summed E-state index contributed by atoms with van der Waals surface area (Å²) in [5.74, 6) is 0.0247. The van der Waals surface area contributed by atoms with Gasteiger partial charge in [0.1, 0.15) is 6.04 Å². The van der Waals surface area contributed by atoms with Crippen molar-refractivity contribution in [1.29, 1.82) is 0 Å². The van der Waals surface area contributed by atoms with Crippen molar-refractivity contribution in [1.82, 2.24) is 5.32 Å². The Kier molecular flexibility index (Phi) is 4.34. The lowest BCUT2D eigenvalue weighted by molar-refractivity contribution is -0.122. The van der Waals surface area contributed by atoms with E-state index in [1.54, 1.807) is 0 Å². The van der Waals surface area contributed by atoms with Crippen molar-refractivity contribution < 1.29 is 4.79 Å². The molecule has 1 aliphatic rings. The molecule has 0 spiro atoms. The van der Waals surface area contributed by atoms with Crippen LogP contribution in [-0.2, 0) is 17.8 Å². The van der Waals surface area contributed by atoms with Gasteiger partial charge in [-0.25, -0.2) is 0 Å². The summed E-state index contributed by atoms with van der Waals surface area (Å²) in [5.41, 5.74) is 3.42. The van der Waals surface area contributed by atoms with Crippen LogP contribution in [0.1, 0.15) is 18.1 Å². The van der Waals surface area contributed by atoms with Crippen LogP contribution in [0.25, 0.3) is 0 Å². The van der Waals surface area contributed by atoms with Gasteiger partial charge in [0, 0.05) is 23.8 Å². The van der Waals surface area contributed by atoms with Crippen LogP contribution in [0.5, 0.6) is 0 Å². The molecule has 0 bridgehead atoms. The minimum Gasteiger partial charge on any atom is -0.359 e. The minimum atomic E-state index is -0.189. The zero-order valence-corrected chi connectivity index (χ0v) is 13.3. The Labute approximate surface area is 135 Å². The van der Waals surface area contributed by atoms with Gasteiger partial charge in [0.15, 0.2) is 0 Å². The molecule has 0 saturated heterocycles. The number of nitrogens with one attached hydrogen (secondary N) is 1. The molecule has 1 heterocycles. The van der Waals surface area contributed by atoms with E-state index in [-0.39, 0.29) is 11.9 Å². The summed E-state index contributed by atoms with van der Waals surface area (Å²) >= 11 is 6.12.